The quantitative estimate of drug-likeness (QED) is 0.587. The number of hydrogen-bond donors (Lipinski definition) is 0. The van der Waals surface area contributed by atoms with Gasteiger partial charge in [0.05, 0.1) is 30.6 Å². The molecular weight excluding hydrogens is 387 g/mol. The molecule has 150 valence electrons. The molecule has 4 rings (SSSR count). The van der Waals surface area contributed by atoms with Gasteiger partial charge < -0.3 is 9.30 Å². The number of morpholine rings is 1. The Morgan fingerprint density at radius 1 is 1.07 bits per heavy atom. The van der Waals surface area contributed by atoms with E-state index in [2.05, 4.69) is 16.0 Å². The van der Waals surface area contributed by atoms with Gasteiger partial charge in [-0.05, 0) is 41.6 Å². The van der Waals surface area contributed by atoms with Gasteiger partial charge in [0.1, 0.15) is 0 Å². The van der Waals surface area contributed by atoms with Crippen LogP contribution in [0.5, 0.6) is 0 Å². The van der Waals surface area contributed by atoms with Crippen molar-refractivity contribution < 1.29 is 17.9 Å². The van der Waals surface area contributed by atoms with Crippen molar-refractivity contribution in [3.8, 4) is 0 Å². The van der Waals surface area contributed by atoms with Gasteiger partial charge in [0.25, 0.3) is 0 Å². The van der Waals surface area contributed by atoms with Crippen LogP contribution in [0.15, 0.2) is 59.8 Å². The summed E-state index contributed by atoms with van der Waals surface area (Å²) in [6, 6.07) is 14.7. The van der Waals surface area contributed by atoms with Crippen LogP contribution in [0.1, 0.15) is 5.56 Å². The number of aromatic nitrogens is 2. The summed E-state index contributed by atoms with van der Waals surface area (Å²) in [5, 5.41) is 0. The third kappa shape index (κ3) is 6.25. The first-order valence-corrected chi connectivity index (χ1v) is 9.73. The van der Waals surface area contributed by atoms with E-state index in [0.29, 0.717) is 19.8 Å². The SMILES string of the molecule is Cn1cnc2ccccc21.FC(F)(F)Sc1cccc(CN2CCOCC2)c1. The Labute approximate surface area is 166 Å². The maximum absolute atomic E-state index is 12.3. The first-order valence-electron chi connectivity index (χ1n) is 8.91. The second kappa shape index (κ2) is 9.45. The molecule has 0 saturated carbocycles. The number of fused-ring (bicyclic) bond motifs is 1. The molecule has 1 fully saturated rings. The number of halogens is 3. The smallest absolute Gasteiger partial charge is 0.379 e. The molecule has 0 radical (unpaired) electrons. The van der Waals surface area contributed by atoms with Crippen LogP contribution >= 0.6 is 11.8 Å². The Morgan fingerprint density at radius 3 is 2.54 bits per heavy atom. The fraction of sp³-hybridized carbons (Fsp3) is 0.350. The Balaban J connectivity index is 0.000000188. The standard InChI is InChI=1S/C12H14F3NOS.C8H8N2/c13-12(14,15)18-11-3-1-2-10(8-11)9-16-4-6-17-7-5-16;1-10-6-9-7-4-2-3-5-8(7)10/h1-3,8H,4-7,9H2;2-6H,1H3. The molecule has 4 nitrogen and oxygen atoms in total. The lowest BCUT2D eigenvalue weighted by atomic mass is 10.2. The van der Waals surface area contributed by atoms with Gasteiger partial charge in [-0.1, -0.05) is 24.3 Å². The second-order valence-electron chi connectivity index (χ2n) is 6.43. The molecule has 3 aromatic rings. The van der Waals surface area contributed by atoms with Gasteiger partial charge in [0.15, 0.2) is 0 Å². The summed E-state index contributed by atoms with van der Waals surface area (Å²) in [5.74, 6) is 0. The zero-order valence-corrected chi connectivity index (χ0v) is 16.3. The van der Waals surface area contributed by atoms with Crippen molar-refractivity contribution in [1.82, 2.24) is 14.5 Å². The molecule has 1 saturated heterocycles. The predicted molar refractivity (Wildman–Crippen MR) is 105 cm³/mol. The molecule has 28 heavy (non-hydrogen) atoms. The van der Waals surface area contributed by atoms with Gasteiger partial charge in [0.2, 0.25) is 0 Å². The first-order chi connectivity index (χ1) is 13.4. The summed E-state index contributed by atoms with van der Waals surface area (Å²) in [7, 11) is 2.00. The number of ether oxygens (including phenoxy) is 1. The predicted octanol–water partition coefficient (Wildman–Crippen LogP) is 4.70. The van der Waals surface area contributed by atoms with Gasteiger partial charge in [-0.25, -0.2) is 4.98 Å². The van der Waals surface area contributed by atoms with Crippen molar-refractivity contribution in [3.63, 3.8) is 0 Å². The number of hydrogen-bond acceptors (Lipinski definition) is 4. The molecule has 2 heterocycles. The van der Waals surface area contributed by atoms with E-state index >= 15 is 0 Å². The third-order valence-electron chi connectivity index (χ3n) is 4.27. The summed E-state index contributed by atoms with van der Waals surface area (Å²) >= 11 is -0.0663. The molecule has 1 aromatic heterocycles. The molecule has 1 aliphatic heterocycles. The van der Waals surface area contributed by atoms with E-state index in [-0.39, 0.29) is 16.7 Å². The molecule has 0 unspecified atom stereocenters. The minimum absolute atomic E-state index is 0.0663. The number of thioether (sulfide) groups is 1. The fourth-order valence-corrected chi connectivity index (χ4v) is 3.57. The Kier molecular flexibility index (Phi) is 6.98. The van der Waals surface area contributed by atoms with E-state index < -0.39 is 5.51 Å². The van der Waals surface area contributed by atoms with Crippen LogP contribution in [0.3, 0.4) is 0 Å². The fourth-order valence-electron chi connectivity index (χ4n) is 2.94. The lowest BCUT2D eigenvalue weighted by Crippen LogP contribution is -2.35. The van der Waals surface area contributed by atoms with Crippen molar-refractivity contribution in [2.24, 2.45) is 7.05 Å². The maximum Gasteiger partial charge on any atom is 0.446 e. The van der Waals surface area contributed by atoms with Crippen LogP contribution in [0.2, 0.25) is 0 Å². The summed E-state index contributed by atoms with van der Waals surface area (Å²) < 4.78 is 44.0. The molecule has 8 heteroatoms. The van der Waals surface area contributed by atoms with Gasteiger partial charge in [-0.15, -0.1) is 0 Å². The van der Waals surface area contributed by atoms with Gasteiger partial charge in [-0.3, -0.25) is 4.90 Å². The average Bonchev–Trinajstić information content (AvgIpc) is 3.04. The van der Waals surface area contributed by atoms with Crippen molar-refractivity contribution >= 4 is 22.8 Å². The van der Waals surface area contributed by atoms with Crippen LogP contribution in [0.25, 0.3) is 11.0 Å². The highest BCUT2D eigenvalue weighted by molar-refractivity contribution is 8.00. The monoisotopic (exact) mass is 409 g/mol. The normalized spacial score (nSPS) is 15.3. The minimum Gasteiger partial charge on any atom is -0.379 e. The largest absolute Gasteiger partial charge is 0.446 e. The maximum atomic E-state index is 12.3. The van der Waals surface area contributed by atoms with Gasteiger partial charge in [0, 0.05) is 31.6 Å². The third-order valence-corrected chi connectivity index (χ3v) is 4.99. The number of rotatable bonds is 3. The van der Waals surface area contributed by atoms with Gasteiger partial charge in [-0.2, -0.15) is 13.2 Å². The van der Waals surface area contributed by atoms with Gasteiger partial charge >= 0.3 is 5.51 Å². The molecule has 0 N–H and O–H groups in total. The molecule has 0 bridgehead atoms. The van der Waals surface area contributed by atoms with Crippen LogP contribution in [0.4, 0.5) is 13.2 Å². The molecule has 0 amide bonds. The van der Waals surface area contributed by atoms with E-state index in [1.807, 2.05) is 42.2 Å². The second-order valence-corrected chi connectivity index (χ2v) is 7.57. The topological polar surface area (TPSA) is 30.3 Å². The Hall–Kier alpha value is -2.03. The average molecular weight is 409 g/mol. The highest BCUT2D eigenvalue weighted by Gasteiger charge is 2.29. The molecule has 0 atom stereocenters. The zero-order valence-electron chi connectivity index (χ0n) is 15.5. The van der Waals surface area contributed by atoms with E-state index in [0.717, 1.165) is 24.2 Å². The molecule has 2 aromatic carbocycles. The number of alkyl halides is 3. The lowest BCUT2D eigenvalue weighted by molar-refractivity contribution is -0.0328. The first kappa shape index (κ1) is 20.7. The zero-order chi connectivity index (χ0) is 20.0. The van der Waals surface area contributed by atoms with Crippen molar-refractivity contribution in [3.05, 3.63) is 60.4 Å². The lowest BCUT2D eigenvalue weighted by Gasteiger charge is -2.26. The van der Waals surface area contributed by atoms with E-state index in [1.54, 1.807) is 12.1 Å². The summed E-state index contributed by atoms with van der Waals surface area (Å²) in [4.78, 5) is 6.61. The molecular formula is C20H22F3N3OS. The summed E-state index contributed by atoms with van der Waals surface area (Å²) in [6.07, 6.45) is 1.82. The van der Waals surface area contributed by atoms with Crippen LogP contribution in [-0.2, 0) is 18.3 Å². The van der Waals surface area contributed by atoms with E-state index in [1.165, 1.54) is 11.6 Å². The summed E-state index contributed by atoms with van der Waals surface area (Å²) in [5.41, 5.74) is -1.07. The number of benzene rings is 2. The molecule has 0 aliphatic carbocycles. The highest BCUT2D eigenvalue weighted by atomic mass is 32.2. The minimum atomic E-state index is -4.22. The van der Waals surface area contributed by atoms with E-state index in [4.69, 9.17) is 4.74 Å². The molecule has 0 spiro atoms. The Bertz CT molecular complexity index is 892. The van der Waals surface area contributed by atoms with Crippen LogP contribution in [-0.4, -0.2) is 46.3 Å². The highest BCUT2D eigenvalue weighted by Crippen LogP contribution is 2.37. The van der Waals surface area contributed by atoms with Crippen molar-refractivity contribution in [1.29, 1.82) is 0 Å². The van der Waals surface area contributed by atoms with E-state index in [9.17, 15) is 13.2 Å². The number of nitrogens with zero attached hydrogens (tertiary/aromatic N) is 3. The van der Waals surface area contributed by atoms with Crippen LogP contribution < -0.4 is 0 Å². The number of imidazole rings is 1. The number of aryl methyl sites for hydroxylation is 1. The number of para-hydroxylation sites is 2. The molecule has 1 aliphatic rings. The Morgan fingerprint density at radius 2 is 1.82 bits per heavy atom. The van der Waals surface area contributed by atoms with Crippen molar-refractivity contribution in [2.45, 2.75) is 16.9 Å². The van der Waals surface area contributed by atoms with Crippen molar-refractivity contribution in [2.75, 3.05) is 26.3 Å². The summed E-state index contributed by atoms with van der Waals surface area (Å²) in [6.45, 7) is 3.72. The van der Waals surface area contributed by atoms with Crippen LogP contribution in [0, 0.1) is 0 Å².